The van der Waals surface area contributed by atoms with Gasteiger partial charge in [0.25, 0.3) is 5.91 Å². The van der Waals surface area contributed by atoms with Gasteiger partial charge in [0.1, 0.15) is 5.82 Å². The van der Waals surface area contributed by atoms with Crippen molar-refractivity contribution in [1.29, 1.82) is 0 Å². The van der Waals surface area contributed by atoms with Crippen LogP contribution in [0, 0.1) is 11.7 Å². The second-order valence-corrected chi connectivity index (χ2v) is 6.46. The summed E-state index contributed by atoms with van der Waals surface area (Å²) in [5.41, 5.74) is 0.373. The fraction of sp³-hybridized carbons (Fsp3) is 0.412. The van der Waals surface area contributed by atoms with Gasteiger partial charge in [-0.1, -0.05) is 6.92 Å². The molecule has 0 bridgehead atoms. The minimum atomic E-state index is -0.431. The number of rotatable bonds is 2. The van der Waals surface area contributed by atoms with Crippen molar-refractivity contribution in [3.8, 4) is 0 Å². The average Bonchev–Trinajstić information content (AvgIpc) is 2.88. The Morgan fingerprint density at radius 2 is 2.04 bits per heavy atom. The van der Waals surface area contributed by atoms with Crippen molar-refractivity contribution < 1.29 is 9.18 Å². The Balaban J connectivity index is 2.02. The summed E-state index contributed by atoms with van der Waals surface area (Å²) in [7, 11) is 3.99. The molecule has 1 saturated heterocycles. The van der Waals surface area contributed by atoms with Gasteiger partial charge >= 0.3 is 0 Å². The third-order valence-corrected chi connectivity index (χ3v) is 4.56. The first kappa shape index (κ1) is 15.7. The third kappa shape index (κ3) is 2.86. The van der Waals surface area contributed by atoms with Crippen LogP contribution in [-0.4, -0.2) is 53.9 Å². The maximum atomic E-state index is 13.6. The maximum Gasteiger partial charge on any atom is 0.254 e. The van der Waals surface area contributed by atoms with Crippen molar-refractivity contribution in [2.24, 2.45) is 5.92 Å². The van der Waals surface area contributed by atoms with Crippen molar-refractivity contribution in [3.63, 3.8) is 0 Å². The second kappa shape index (κ2) is 5.77. The highest BCUT2D eigenvalue weighted by Gasteiger charge is 2.34. The van der Waals surface area contributed by atoms with E-state index >= 15 is 0 Å². The number of likely N-dealkylation sites (tertiary alicyclic amines) is 1. The van der Waals surface area contributed by atoms with E-state index in [4.69, 9.17) is 0 Å². The first-order valence-electron chi connectivity index (χ1n) is 7.65. The predicted molar refractivity (Wildman–Crippen MR) is 87.1 cm³/mol. The molecular formula is C17H20FN3O2. The van der Waals surface area contributed by atoms with Crippen LogP contribution in [0.4, 0.5) is 4.39 Å². The SMILES string of the molecule is CC1CN(C(=O)c2cc(=O)[nH]c3ccc(F)cc23)CC1N(C)C. The highest BCUT2D eigenvalue weighted by atomic mass is 19.1. The number of nitrogens with one attached hydrogen (secondary N) is 1. The van der Waals surface area contributed by atoms with Gasteiger partial charge in [-0.25, -0.2) is 4.39 Å². The second-order valence-electron chi connectivity index (χ2n) is 6.46. The van der Waals surface area contributed by atoms with Crippen LogP contribution in [0.3, 0.4) is 0 Å². The van der Waals surface area contributed by atoms with E-state index in [1.165, 1.54) is 24.3 Å². The zero-order valence-electron chi connectivity index (χ0n) is 13.5. The number of H-pyrrole nitrogens is 1. The van der Waals surface area contributed by atoms with Crippen molar-refractivity contribution in [3.05, 3.63) is 46.0 Å². The van der Waals surface area contributed by atoms with Crippen LogP contribution in [0.1, 0.15) is 17.3 Å². The van der Waals surface area contributed by atoms with Crippen molar-refractivity contribution >= 4 is 16.8 Å². The number of aromatic nitrogens is 1. The Kier molecular flexibility index (Phi) is 3.93. The molecule has 0 spiro atoms. The maximum absolute atomic E-state index is 13.6. The molecule has 1 fully saturated rings. The highest BCUT2D eigenvalue weighted by molar-refractivity contribution is 6.06. The molecule has 1 N–H and O–H groups in total. The lowest BCUT2D eigenvalue weighted by atomic mass is 10.1. The minimum absolute atomic E-state index is 0.220. The molecule has 1 aliphatic rings. The van der Waals surface area contributed by atoms with E-state index in [9.17, 15) is 14.0 Å². The zero-order chi connectivity index (χ0) is 16.7. The van der Waals surface area contributed by atoms with Crippen molar-refractivity contribution in [2.75, 3.05) is 27.2 Å². The van der Waals surface area contributed by atoms with E-state index in [1.807, 2.05) is 14.1 Å². The van der Waals surface area contributed by atoms with Gasteiger partial charge in [0.2, 0.25) is 5.56 Å². The number of likely N-dealkylation sites (N-methyl/N-ethyl adjacent to an activating group) is 1. The number of pyridine rings is 1. The van der Waals surface area contributed by atoms with Gasteiger partial charge in [-0.2, -0.15) is 0 Å². The quantitative estimate of drug-likeness (QED) is 0.917. The number of hydrogen-bond donors (Lipinski definition) is 1. The van der Waals surface area contributed by atoms with E-state index in [1.54, 1.807) is 4.90 Å². The molecule has 0 aliphatic carbocycles. The summed E-state index contributed by atoms with van der Waals surface area (Å²) >= 11 is 0. The smallest absolute Gasteiger partial charge is 0.254 e. The van der Waals surface area contributed by atoms with E-state index in [0.29, 0.717) is 29.9 Å². The Morgan fingerprint density at radius 1 is 1.30 bits per heavy atom. The molecule has 1 amide bonds. The summed E-state index contributed by atoms with van der Waals surface area (Å²) in [6, 6.07) is 5.59. The Morgan fingerprint density at radius 3 is 2.70 bits per heavy atom. The molecule has 1 aromatic carbocycles. The fourth-order valence-corrected chi connectivity index (χ4v) is 3.36. The average molecular weight is 317 g/mol. The highest BCUT2D eigenvalue weighted by Crippen LogP contribution is 2.24. The first-order chi connectivity index (χ1) is 10.9. The monoisotopic (exact) mass is 317 g/mol. The lowest BCUT2D eigenvalue weighted by molar-refractivity contribution is 0.0783. The summed E-state index contributed by atoms with van der Waals surface area (Å²) in [4.78, 5) is 31.2. The minimum Gasteiger partial charge on any atom is -0.337 e. The van der Waals surface area contributed by atoms with Gasteiger partial charge in [-0.15, -0.1) is 0 Å². The number of benzene rings is 1. The van der Waals surface area contributed by atoms with Gasteiger partial charge in [0.15, 0.2) is 0 Å². The van der Waals surface area contributed by atoms with Gasteiger partial charge in [-0.05, 0) is 38.2 Å². The first-order valence-corrected chi connectivity index (χ1v) is 7.65. The van der Waals surface area contributed by atoms with E-state index in [0.717, 1.165) is 0 Å². The van der Waals surface area contributed by atoms with Gasteiger partial charge in [0.05, 0.1) is 5.56 Å². The number of halogens is 1. The number of aromatic amines is 1. The van der Waals surface area contributed by atoms with Gasteiger partial charge < -0.3 is 14.8 Å². The molecule has 1 aromatic heterocycles. The van der Waals surface area contributed by atoms with Crippen LogP contribution in [0.5, 0.6) is 0 Å². The van der Waals surface area contributed by atoms with Gasteiger partial charge in [-0.3, -0.25) is 9.59 Å². The van der Waals surface area contributed by atoms with E-state index in [-0.39, 0.29) is 23.1 Å². The molecular weight excluding hydrogens is 297 g/mol. The molecule has 3 rings (SSSR count). The molecule has 23 heavy (non-hydrogen) atoms. The van der Waals surface area contributed by atoms with Gasteiger partial charge in [0, 0.05) is 36.1 Å². The van der Waals surface area contributed by atoms with Crippen LogP contribution in [0.15, 0.2) is 29.1 Å². The van der Waals surface area contributed by atoms with Crippen LogP contribution >= 0.6 is 0 Å². The lowest BCUT2D eigenvalue weighted by Gasteiger charge is -2.22. The normalized spacial score (nSPS) is 21.3. The predicted octanol–water partition coefficient (Wildman–Crippen LogP) is 1.69. The number of amides is 1. The number of carbonyl (C=O) groups excluding carboxylic acids is 1. The standard InChI is InChI=1S/C17H20FN3O2/c1-10-8-21(9-15(10)20(2)3)17(23)13-7-16(22)19-14-5-4-11(18)6-12(13)14/h4-7,10,15H,8-9H2,1-3H3,(H,19,22). The number of nitrogens with zero attached hydrogens (tertiary/aromatic N) is 2. The molecule has 0 saturated carbocycles. The molecule has 1 aliphatic heterocycles. The Labute approximate surface area is 133 Å². The fourth-order valence-electron chi connectivity index (χ4n) is 3.36. The zero-order valence-corrected chi connectivity index (χ0v) is 13.5. The Bertz CT molecular complexity index is 815. The molecule has 6 heteroatoms. The molecule has 0 radical (unpaired) electrons. The van der Waals surface area contributed by atoms with E-state index < -0.39 is 5.82 Å². The molecule has 122 valence electrons. The topological polar surface area (TPSA) is 56.4 Å². The molecule has 5 nitrogen and oxygen atoms in total. The molecule has 2 heterocycles. The third-order valence-electron chi connectivity index (χ3n) is 4.56. The lowest BCUT2D eigenvalue weighted by Crippen LogP contribution is -2.36. The molecule has 2 aromatic rings. The van der Waals surface area contributed by atoms with Crippen LogP contribution in [-0.2, 0) is 0 Å². The largest absolute Gasteiger partial charge is 0.337 e. The molecule has 2 atom stereocenters. The number of fused-ring (bicyclic) bond motifs is 1. The van der Waals surface area contributed by atoms with E-state index in [2.05, 4.69) is 16.8 Å². The summed E-state index contributed by atoms with van der Waals surface area (Å²) in [6.45, 7) is 3.34. The summed E-state index contributed by atoms with van der Waals surface area (Å²) in [5, 5.41) is 0.440. The number of hydrogen-bond acceptors (Lipinski definition) is 3. The Hall–Kier alpha value is -2.21. The number of carbonyl (C=O) groups is 1. The summed E-state index contributed by atoms with van der Waals surface area (Å²) in [5.74, 6) is -0.304. The van der Waals surface area contributed by atoms with Crippen LogP contribution in [0.25, 0.3) is 10.9 Å². The summed E-state index contributed by atoms with van der Waals surface area (Å²) in [6.07, 6.45) is 0. The molecule has 2 unspecified atom stereocenters. The van der Waals surface area contributed by atoms with Crippen LogP contribution in [0.2, 0.25) is 0 Å². The summed E-state index contributed by atoms with van der Waals surface area (Å²) < 4.78 is 13.6. The van der Waals surface area contributed by atoms with Crippen molar-refractivity contribution in [2.45, 2.75) is 13.0 Å². The van der Waals surface area contributed by atoms with Crippen molar-refractivity contribution in [1.82, 2.24) is 14.8 Å². The van der Waals surface area contributed by atoms with Crippen LogP contribution < -0.4 is 5.56 Å².